The maximum atomic E-state index is 5.48. The largest absolute Gasteiger partial charge is 0.407 e. The van der Waals surface area contributed by atoms with Crippen LogP contribution in [0.1, 0.15) is 11.5 Å². The van der Waals surface area contributed by atoms with E-state index >= 15 is 0 Å². The number of hydrogen-bond donors (Lipinski definition) is 1. The zero-order valence-corrected chi connectivity index (χ0v) is 10.2. The molecule has 0 aliphatic carbocycles. The van der Waals surface area contributed by atoms with Crippen molar-refractivity contribution in [1.29, 1.82) is 0 Å². The monoisotopic (exact) mass is 236 g/mol. The minimum Gasteiger partial charge on any atom is -0.407 e. The molecule has 0 bridgehead atoms. The second-order valence-electron chi connectivity index (χ2n) is 3.89. The van der Waals surface area contributed by atoms with Crippen LogP contribution in [-0.2, 0) is 20.1 Å². The summed E-state index contributed by atoms with van der Waals surface area (Å²) in [5.41, 5.74) is 1.10. The van der Waals surface area contributed by atoms with Gasteiger partial charge in [0, 0.05) is 25.9 Å². The maximum absolute atomic E-state index is 5.48. The van der Waals surface area contributed by atoms with E-state index in [-0.39, 0.29) is 0 Å². The van der Waals surface area contributed by atoms with E-state index in [1.165, 1.54) is 0 Å². The number of rotatable bonds is 5. The Balaban J connectivity index is 2.01. The number of anilines is 1. The Morgan fingerprint density at radius 2 is 2.29 bits per heavy atom. The summed E-state index contributed by atoms with van der Waals surface area (Å²) in [7, 11) is 5.63. The van der Waals surface area contributed by atoms with Crippen molar-refractivity contribution in [3.63, 3.8) is 0 Å². The molecule has 2 aromatic rings. The van der Waals surface area contributed by atoms with Crippen LogP contribution in [0.3, 0.4) is 0 Å². The number of nitrogens with zero attached hydrogens (tertiary/aromatic N) is 5. The second-order valence-corrected chi connectivity index (χ2v) is 3.89. The second kappa shape index (κ2) is 4.96. The summed E-state index contributed by atoms with van der Waals surface area (Å²) in [4.78, 5) is 1.89. The smallest absolute Gasteiger partial charge is 0.318 e. The van der Waals surface area contributed by atoms with Gasteiger partial charge in [-0.1, -0.05) is 5.10 Å². The van der Waals surface area contributed by atoms with Gasteiger partial charge < -0.3 is 14.6 Å². The lowest BCUT2D eigenvalue weighted by molar-refractivity contribution is 0.475. The predicted octanol–water partition coefficient (Wildman–Crippen LogP) is 0.159. The van der Waals surface area contributed by atoms with Crippen LogP contribution in [0.2, 0.25) is 0 Å². The van der Waals surface area contributed by atoms with E-state index in [0.717, 1.165) is 5.56 Å². The molecule has 7 nitrogen and oxygen atoms in total. The summed E-state index contributed by atoms with van der Waals surface area (Å²) in [6.07, 6.45) is 3.78. The third kappa shape index (κ3) is 2.82. The summed E-state index contributed by atoms with van der Waals surface area (Å²) in [5.74, 6) is 0.584. The highest BCUT2D eigenvalue weighted by molar-refractivity contribution is 5.24. The molecule has 0 amide bonds. The van der Waals surface area contributed by atoms with Gasteiger partial charge in [-0.25, -0.2) is 0 Å². The number of aromatic nitrogens is 4. The quantitative estimate of drug-likeness (QED) is 0.797. The van der Waals surface area contributed by atoms with Crippen molar-refractivity contribution in [2.24, 2.45) is 7.05 Å². The lowest BCUT2D eigenvalue weighted by Gasteiger charge is -2.11. The molecule has 0 fully saturated rings. The molecule has 0 saturated heterocycles. The van der Waals surface area contributed by atoms with Gasteiger partial charge in [0.2, 0.25) is 5.89 Å². The maximum Gasteiger partial charge on any atom is 0.318 e. The molecule has 0 aliphatic rings. The van der Waals surface area contributed by atoms with Crippen LogP contribution in [0.25, 0.3) is 0 Å². The van der Waals surface area contributed by atoms with Crippen LogP contribution in [0.15, 0.2) is 16.8 Å². The summed E-state index contributed by atoms with van der Waals surface area (Å²) in [6.45, 7) is 1.27. The van der Waals surface area contributed by atoms with E-state index in [0.29, 0.717) is 25.0 Å². The van der Waals surface area contributed by atoms with Crippen molar-refractivity contribution in [1.82, 2.24) is 25.3 Å². The highest BCUT2D eigenvalue weighted by Crippen LogP contribution is 2.13. The zero-order chi connectivity index (χ0) is 12.3. The van der Waals surface area contributed by atoms with Gasteiger partial charge >= 0.3 is 6.01 Å². The van der Waals surface area contributed by atoms with E-state index in [1.54, 1.807) is 4.68 Å². The molecule has 2 rings (SSSR count). The van der Waals surface area contributed by atoms with Crippen LogP contribution >= 0.6 is 0 Å². The van der Waals surface area contributed by atoms with Crippen molar-refractivity contribution in [2.75, 3.05) is 19.0 Å². The fraction of sp³-hybridized carbons (Fsp3) is 0.500. The summed E-state index contributed by atoms with van der Waals surface area (Å²) >= 11 is 0. The molecule has 0 unspecified atom stereocenters. The molecule has 17 heavy (non-hydrogen) atoms. The Bertz CT molecular complexity index is 477. The Morgan fingerprint density at radius 1 is 1.47 bits per heavy atom. The highest BCUT2D eigenvalue weighted by Gasteiger charge is 2.11. The van der Waals surface area contributed by atoms with Crippen LogP contribution in [0.5, 0.6) is 0 Å². The molecule has 0 atom stereocenters. The van der Waals surface area contributed by atoms with Crippen LogP contribution in [-0.4, -0.2) is 34.1 Å². The van der Waals surface area contributed by atoms with E-state index in [9.17, 15) is 0 Å². The van der Waals surface area contributed by atoms with Crippen LogP contribution in [0.4, 0.5) is 6.01 Å². The van der Waals surface area contributed by atoms with Gasteiger partial charge in [-0.15, -0.1) is 5.10 Å². The number of nitrogens with one attached hydrogen (secondary N) is 1. The minimum absolute atomic E-state index is 0.513. The lowest BCUT2D eigenvalue weighted by Crippen LogP contribution is -2.16. The Morgan fingerprint density at radius 3 is 2.94 bits per heavy atom. The van der Waals surface area contributed by atoms with Gasteiger partial charge in [0.05, 0.1) is 19.3 Å². The SMILES string of the molecule is CNCc1nnc(N(C)Cc2cnn(C)c2)o1. The fourth-order valence-corrected chi connectivity index (χ4v) is 1.52. The van der Waals surface area contributed by atoms with Gasteiger partial charge in [0.25, 0.3) is 0 Å². The van der Waals surface area contributed by atoms with Gasteiger partial charge in [-0.2, -0.15) is 5.10 Å². The molecule has 0 radical (unpaired) electrons. The number of hydrogen-bond acceptors (Lipinski definition) is 6. The first-order valence-corrected chi connectivity index (χ1v) is 5.34. The number of aryl methyl sites for hydroxylation is 1. The molecule has 0 saturated carbocycles. The molecule has 7 heteroatoms. The zero-order valence-electron chi connectivity index (χ0n) is 10.2. The lowest BCUT2D eigenvalue weighted by atomic mass is 10.3. The van der Waals surface area contributed by atoms with Gasteiger partial charge in [-0.05, 0) is 7.05 Å². The van der Waals surface area contributed by atoms with Crippen molar-refractivity contribution in [3.8, 4) is 0 Å². The third-order valence-electron chi connectivity index (χ3n) is 2.29. The average Bonchev–Trinajstić information content (AvgIpc) is 2.88. The fourth-order valence-electron chi connectivity index (χ4n) is 1.52. The molecule has 2 heterocycles. The van der Waals surface area contributed by atoms with Gasteiger partial charge in [-0.3, -0.25) is 4.68 Å². The van der Waals surface area contributed by atoms with Gasteiger partial charge in [0.1, 0.15) is 0 Å². The molecule has 0 aliphatic heterocycles. The summed E-state index contributed by atoms with van der Waals surface area (Å²) < 4.78 is 7.25. The molecule has 92 valence electrons. The van der Waals surface area contributed by atoms with E-state index in [1.807, 2.05) is 38.4 Å². The third-order valence-corrected chi connectivity index (χ3v) is 2.29. The summed E-state index contributed by atoms with van der Waals surface area (Å²) in [6, 6.07) is 0.513. The molecular formula is C10H16N6O. The first-order valence-electron chi connectivity index (χ1n) is 5.34. The van der Waals surface area contributed by atoms with Crippen molar-refractivity contribution >= 4 is 6.01 Å². The van der Waals surface area contributed by atoms with Crippen molar-refractivity contribution in [2.45, 2.75) is 13.1 Å². The van der Waals surface area contributed by atoms with E-state index in [2.05, 4.69) is 20.6 Å². The molecule has 0 spiro atoms. The van der Waals surface area contributed by atoms with Crippen LogP contribution in [0, 0.1) is 0 Å². The standard InChI is InChI=1S/C10H16N6O/c1-11-5-9-13-14-10(17-9)15(2)6-8-4-12-16(3)7-8/h4,7,11H,5-6H2,1-3H3. The first kappa shape index (κ1) is 11.6. The highest BCUT2D eigenvalue weighted by atomic mass is 16.4. The minimum atomic E-state index is 0.513. The van der Waals surface area contributed by atoms with E-state index in [4.69, 9.17) is 4.42 Å². The topological polar surface area (TPSA) is 72.0 Å². The van der Waals surface area contributed by atoms with E-state index < -0.39 is 0 Å². The average molecular weight is 236 g/mol. The first-order chi connectivity index (χ1) is 8.19. The molecule has 1 N–H and O–H groups in total. The Hall–Kier alpha value is -1.89. The molecular weight excluding hydrogens is 220 g/mol. The molecule has 2 aromatic heterocycles. The van der Waals surface area contributed by atoms with Crippen molar-refractivity contribution < 1.29 is 4.42 Å². The predicted molar refractivity (Wildman–Crippen MR) is 62.4 cm³/mol. The van der Waals surface area contributed by atoms with Crippen LogP contribution < -0.4 is 10.2 Å². The normalized spacial score (nSPS) is 10.8. The Labute approximate surface area is 99.4 Å². The van der Waals surface area contributed by atoms with Gasteiger partial charge in [0.15, 0.2) is 0 Å². The van der Waals surface area contributed by atoms with Crippen molar-refractivity contribution in [3.05, 3.63) is 23.8 Å². The summed E-state index contributed by atoms with van der Waals surface area (Å²) in [5, 5.41) is 15.0. The molecule has 0 aromatic carbocycles. The Kier molecular flexibility index (Phi) is 3.38.